The van der Waals surface area contributed by atoms with Crippen LogP contribution < -0.4 is 0 Å². The molecule has 3 atom stereocenters. The van der Waals surface area contributed by atoms with Crippen LogP contribution in [0.2, 0.25) is 0 Å². The minimum absolute atomic E-state index is 0.0285. The molecule has 4 heterocycles. The van der Waals surface area contributed by atoms with Gasteiger partial charge in [-0.05, 0) is 37.8 Å². The third-order valence-corrected chi connectivity index (χ3v) is 5.27. The predicted molar refractivity (Wildman–Crippen MR) is 81.8 cm³/mol. The Kier molecular flexibility index (Phi) is 3.85. The van der Waals surface area contributed by atoms with E-state index >= 15 is 0 Å². The van der Waals surface area contributed by atoms with Crippen LogP contribution in [-0.4, -0.2) is 60.0 Å². The number of nitrogens with zero attached hydrogens (tertiary/aromatic N) is 2. The summed E-state index contributed by atoms with van der Waals surface area (Å²) in [6, 6.07) is 3.46. The van der Waals surface area contributed by atoms with Crippen molar-refractivity contribution in [2.75, 3.05) is 26.2 Å². The van der Waals surface area contributed by atoms with Gasteiger partial charge in [-0.3, -0.25) is 9.59 Å². The molecule has 3 aliphatic heterocycles. The lowest BCUT2D eigenvalue weighted by molar-refractivity contribution is -0.138. The highest BCUT2D eigenvalue weighted by molar-refractivity contribution is 5.92. The number of carbonyl (C=O) groups excluding carboxylic acids is 2. The first-order valence-electron chi connectivity index (χ1n) is 8.49. The fraction of sp³-hybridized carbons (Fsp3) is 0.647. The predicted octanol–water partition coefficient (Wildman–Crippen LogP) is 1.52. The Balaban J connectivity index is 1.54. The van der Waals surface area contributed by atoms with Gasteiger partial charge >= 0.3 is 0 Å². The van der Waals surface area contributed by atoms with Gasteiger partial charge in [-0.15, -0.1) is 0 Å². The van der Waals surface area contributed by atoms with Gasteiger partial charge in [0.2, 0.25) is 5.91 Å². The minimum Gasteiger partial charge on any atom is -0.459 e. The van der Waals surface area contributed by atoms with Gasteiger partial charge in [0.25, 0.3) is 5.91 Å². The van der Waals surface area contributed by atoms with Crippen molar-refractivity contribution in [2.24, 2.45) is 5.92 Å². The highest BCUT2D eigenvalue weighted by atomic mass is 16.5. The number of hydrogen-bond acceptors (Lipinski definition) is 4. The molecule has 0 aliphatic carbocycles. The first-order chi connectivity index (χ1) is 11.2. The molecule has 4 rings (SSSR count). The Morgan fingerprint density at radius 3 is 2.78 bits per heavy atom. The van der Waals surface area contributed by atoms with E-state index in [1.165, 1.54) is 6.26 Å². The van der Waals surface area contributed by atoms with E-state index in [0.717, 1.165) is 38.8 Å². The highest BCUT2D eigenvalue weighted by Gasteiger charge is 2.45. The lowest BCUT2D eigenvalue weighted by atomic mass is 9.89. The van der Waals surface area contributed by atoms with Gasteiger partial charge in [-0.25, -0.2) is 0 Å². The van der Waals surface area contributed by atoms with Gasteiger partial charge in [0, 0.05) is 26.2 Å². The summed E-state index contributed by atoms with van der Waals surface area (Å²) in [6.07, 6.45) is 5.20. The molecule has 3 saturated heterocycles. The second-order valence-electron chi connectivity index (χ2n) is 6.67. The number of likely N-dealkylation sites (tertiary alicyclic amines) is 2. The van der Waals surface area contributed by atoms with E-state index in [9.17, 15) is 9.59 Å². The van der Waals surface area contributed by atoms with Crippen molar-refractivity contribution < 1.29 is 18.7 Å². The van der Waals surface area contributed by atoms with Crippen LogP contribution in [0.3, 0.4) is 0 Å². The maximum absolute atomic E-state index is 12.8. The normalized spacial score (nSPS) is 30.5. The molecule has 1 aromatic rings. The summed E-state index contributed by atoms with van der Waals surface area (Å²) in [5.74, 6) is 0.222. The van der Waals surface area contributed by atoms with Crippen LogP contribution in [0.25, 0.3) is 0 Å². The third kappa shape index (κ3) is 2.65. The summed E-state index contributed by atoms with van der Waals surface area (Å²) in [5.41, 5.74) is 0. The van der Waals surface area contributed by atoms with Gasteiger partial charge in [0.1, 0.15) is 0 Å². The van der Waals surface area contributed by atoms with Crippen molar-refractivity contribution >= 4 is 11.8 Å². The molecule has 0 N–H and O–H groups in total. The standard InChI is InChI=1S/C17H22N2O4/c20-16(18-6-1-2-7-18)12-10-15-13(5-9-23-15)19(11-12)17(21)14-4-3-8-22-14/h3-4,8,12-13,15H,1-2,5-7,9-11H2/t12-,13+,15+/m0/s1. The zero-order valence-corrected chi connectivity index (χ0v) is 13.1. The van der Waals surface area contributed by atoms with Crippen molar-refractivity contribution in [2.45, 2.75) is 37.8 Å². The molecule has 3 fully saturated rings. The smallest absolute Gasteiger partial charge is 0.289 e. The van der Waals surface area contributed by atoms with E-state index in [1.807, 2.05) is 4.90 Å². The zero-order chi connectivity index (χ0) is 15.8. The quantitative estimate of drug-likeness (QED) is 0.829. The molecule has 124 valence electrons. The number of furan rings is 1. The van der Waals surface area contributed by atoms with E-state index in [1.54, 1.807) is 17.0 Å². The molecule has 0 unspecified atom stereocenters. The number of amides is 2. The summed E-state index contributed by atoms with van der Waals surface area (Å²) >= 11 is 0. The molecule has 0 radical (unpaired) electrons. The fourth-order valence-electron chi connectivity index (χ4n) is 4.10. The number of piperidine rings is 1. The van der Waals surface area contributed by atoms with Crippen LogP contribution in [-0.2, 0) is 9.53 Å². The second-order valence-corrected chi connectivity index (χ2v) is 6.67. The maximum atomic E-state index is 12.8. The van der Waals surface area contributed by atoms with Crippen LogP contribution in [0.5, 0.6) is 0 Å². The number of fused-ring (bicyclic) bond motifs is 1. The van der Waals surface area contributed by atoms with Gasteiger partial charge in [0.15, 0.2) is 5.76 Å². The first-order valence-corrected chi connectivity index (χ1v) is 8.49. The van der Waals surface area contributed by atoms with Gasteiger partial charge < -0.3 is 19.0 Å². The van der Waals surface area contributed by atoms with Crippen molar-refractivity contribution in [1.29, 1.82) is 0 Å². The monoisotopic (exact) mass is 318 g/mol. The van der Waals surface area contributed by atoms with Crippen LogP contribution in [0.15, 0.2) is 22.8 Å². The zero-order valence-electron chi connectivity index (χ0n) is 13.1. The molecule has 0 saturated carbocycles. The number of rotatable bonds is 2. The van der Waals surface area contributed by atoms with Gasteiger partial charge in [-0.2, -0.15) is 0 Å². The topological polar surface area (TPSA) is 63.0 Å². The average Bonchev–Trinajstić information content (AvgIpc) is 3.34. The molecule has 2 amide bonds. The molecule has 0 bridgehead atoms. The summed E-state index contributed by atoms with van der Waals surface area (Å²) in [5, 5.41) is 0. The van der Waals surface area contributed by atoms with Crippen LogP contribution >= 0.6 is 0 Å². The van der Waals surface area contributed by atoms with E-state index in [2.05, 4.69) is 0 Å². The largest absolute Gasteiger partial charge is 0.459 e. The van der Waals surface area contributed by atoms with Crippen LogP contribution in [0.1, 0.15) is 36.2 Å². The summed E-state index contributed by atoms with van der Waals surface area (Å²) in [4.78, 5) is 29.2. The van der Waals surface area contributed by atoms with Crippen molar-refractivity contribution in [3.8, 4) is 0 Å². The van der Waals surface area contributed by atoms with E-state index in [4.69, 9.17) is 9.15 Å². The molecule has 1 aromatic heterocycles. The highest BCUT2D eigenvalue weighted by Crippen LogP contribution is 2.33. The third-order valence-electron chi connectivity index (χ3n) is 5.27. The van der Waals surface area contributed by atoms with E-state index < -0.39 is 0 Å². The average molecular weight is 318 g/mol. The summed E-state index contributed by atoms with van der Waals surface area (Å²) < 4.78 is 11.1. The Labute approximate surface area is 135 Å². The molecule has 0 aromatic carbocycles. The molecular formula is C17H22N2O4. The van der Waals surface area contributed by atoms with Gasteiger partial charge in [-0.1, -0.05) is 0 Å². The molecule has 23 heavy (non-hydrogen) atoms. The van der Waals surface area contributed by atoms with Gasteiger partial charge in [0.05, 0.1) is 24.3 Å². The molecule has 6 heteroatoms. The van der Waals surface area contributed by atoms with Crippen LogP contribution in [0.4, 0.5) is 0 Å². The lowest BCUT2D eigenvalue weighted by Gasteiger charge is -2.40. The second kappa shape index (κ2) is 6.00. The maximum Gasteiger partial charge on any atom is 0.289 e. The van der Waals surface area contributed by atoms with Crippen molar-refractivity contribution in [1.82, 2.24) is 9.80 Å². The minimum atomic E-state index is -0.161. The molecular weight excluding hydrogens is 296 g/mol. The fourth-order valence-corrected chi connectivity index (χ4v) is 4.10. The number of ether oxygens (including phenoxy) is 1. The summed E-state index contributed by atoms with van der Waals surface area (Å²) in [7, 11) is 0. The Hall–Kier alpha value is -1.82. The summed E-state index contributed by atoms with van der Waals surface area (Å²) in [6.45, 7) is 2.81. The molecule has 3 aliphatic rings. The molecule has 0 spiro atoms. The lowest BCUT2D eigenvalue weighted by Crippen LogP contribution is -2.55. The van der Waals surface area contributed by atoms with E-state index in [0.29, 0.717) is 18.9 Å². The van der Waals surface area contributed by atoms with E-state index in [-0.39, 0.29) is 29.9 Å². The number of carbonyl (C=O) groups is 2. The Bertz CT molecular complexity index is 579. The SMILES string of the molecule is O=C([C@H]1C[C@H]2OCC[C@H]2N(C(=O)c2ccco2)C1)N1CCCC1. The van der Waals surface area contributed by atoms with Crippen molar-refractivity contribution in [3.63, 3.8) is 0 Å². The first kappa shape index (κ1) is 14.8. The Morgan fingerprint density at radius 2 is 2.04 bits per heavy atom. The Morgan fingerprint density at radius 1 is 1.22 bits per heavy atom. The number of hydrogen-bond donors (Lipinski definition) is 0. The van der Waals surface area contributed by atoms with Crippen LogP contribution in [0, 0.1) is 5.92 Å². The van der Waals surface area contributed by atoms with Crippen molar-refractivity contribution in [3.05, 3.63) is 24.2 Å². The molecule has 6 nitrogen and oxygen atoms in total.